The maximum absolute atomic E-state index is 10.4. The van der Waals surface area contributed by atoms with Gasteiger partial charge in [-0.3, -0.25) is 0 Å². The summed E-state index contributed by atoms with van der Waals surface area (Å²) < 4.78 is 11.1. The van der Waals surface area contributed by atoms with Crippen LogP contribution in [0.4, 0.5) is 0 Å². The molecule has 18 heavy (non-hydrogen) atoms. The number of aryl methyl sites for hydroxylation is 1. The molecule has 1 N–H and O–H groups in total. The zero-order valence-corrected chi connectivity index (χ0v) is 11.4. The number of methoxy groups -OCH3 is 1. The minimum Gasteiger partial charge on any atom is -0.493 e. The summed E-state index contributed by atoms with van der Waals surface area (Å²) >= 11 is 0. The van der Waals surface area contributed by atoms with Crippen LogP contribution < -0.4 is 4.74 Å². The van der Waals surface area contributed by atoms with Gasteiger partial charge >= 0.3 is 0 Å². The second-order valence-electron chi connectivity index (χ2n) is 5.47. The maximum atomic E-state index is 10.4. The molecule has 2 rings (SSSR count). The zero-order chi connectivity index (χ0) is 13.2. The van der Waals surface area contributed by atoms with Crippen molar-refractivity contribution >= 4 is 0 Å². The third-order valence-electron chi connectivity index (χ3n) is 3.56. The fourth-order valence-corrected chi connectivity index (χ4v) is 2.34. The highest BCUT2D eigenvalue weighted by molar-refractivity contribution is 5.44. The van der Waals surface area contributed by atoms with Gasteiger partial charge in [0.15, 0.2) is 0 Å². The van der Waals surface area contributed by atoms with Crippen molar-refractivity contribution in [1.82, 2.24) is 0 Å². The first-order valence-corrected chi connectivity index (χ1v) is 6.51. The van der Waals surface area contributed by atoms with Crippen molar-refractivity contribution in [3.63, 3.8) is 0 Å². The van der Waals surface area contributed by atoms with E-state index in [1.165, 1.54) is 5.56 Å². The Morgan fingerprint density at radius 1 is 1.44 bits per heavy atom. The number of hydrogen-bond donors (Lipinski definition) is 1. The molecule has 3 heteroatoms. The highest BCUT2D eigenvalue weighted by Gasteiger charge is 2.26. The van der Waals surface area contributed by atoms with Gasteiger partial charge in [-0.15, -0.1) is 0 Å². The molecule has 0 amide bonds. The second-order valence-corrected chi connectivity index (χ2v) is 5.47. The van der Waals surface area contributed by atoms with Gasteiger partial charge < -0.3 is 14.6 Å². The summed E-state index contributed by atoms with van der Waals surface area (Å²) in [6.07, 6.45) is 2.09. The number of benzene rings is 1. The molecule has 0 saturated carbocycles. The van der Waals surface area contributed by atoms with Crippen molar-refractivity contribution < 1.29 is 14.6 Å². The number of aliphatic hydroxyl groups is 1. The molecule has 0 aliphatic carbocycles. The molecule has 1 heterocycles. The molecular formula is C15H22O3. The molecule has 100 valence electrons. The van der Waals surface area contributed by atoms with Gasteiger partial charge in [0.2, 0.25) is 0 Å². The molecule has 0 fully saturated rings. The summed E-state index contributed by atoms with van der Waals surface area (Å²) in [6, 6.07) is 6.01. The number of para-hydroxylation sites is 1. The second kappa shape index (κ2) is 5.29. The summed E-state index contributed by atoms with van der Waals surface area (Å²) in [5.74, 6) is 0.878. The Morgan fingerprint density at radius 3 is 2.94 bits per heavy atom. The lowest BCUT2D eigenvalue weighted by molar-refractivity contribution is -0.0206. The largest absolute Gasteiger partial charge is 0.493 e. The molecular weight excluding hydrogens is 228 g/mol. The maximum Gasteiger partial charge on any atom is 0.128 e. The highest BCUT2D eigenvalue weighted by Crippen LogP contribution is 2.36. The van der Waals surface area contributed by atoms with E-state index in [1.54, 1.807) is 7.11 Å². The molecule has 0 aromatic heterocycles. The minimum absolute atomic E-state index is 0.336. The minimum atomic E-state index is -0.548. The molecule has 1 atom stereocenters. The Balaban J connectivity index is 2.22. The first-order chi connectivity index (χ1) is 8.53. The van der Waals surface area contributed by atoms with E-state index in [9.17, 15) is 5.11 Å². The molecule has 3 nitrogen and oxygen atoms in total. The van der Waals surface area contributed by atoms with Crippen LogP contribution >= 0.6 is 0 Å². The summed E-state index contributed by atoms with van der Waals surface area (Å²) in [5.41, 5.74) is 1.75. The third-order valence-corrected chi connectivity index (χ3v) is 3.56. The Morgan fingerprint density at radius 2 is 2.22 bits per heavy atom. The van der Waals surface area contributed by atoms with Gasteiger partial charge in [0, 0.05) is 19.1 Å². The SMILES string of the molecule is COC(C)(C)CC(O)c1cccc2c1OCCC2. The van der Waals surface area contributed by atoms with Gasteiger partial charge in [-0.05, 0) is 32.3 Å². The summed E-state index contributed by atoms with van der Waals surface area (Å²) in [7, 11) is 1.67. The highest BCUT2D eigenvalue weighted by atomic mass is 16.5. The Bertz CT molecular complexity index is 412. The molecule has 0 saturated heterocycles. The van der Waals surface area contributed by atoms with Crippen LogP contribution in [0.25, 0.3) is 0 Å². The summed E-state index contributed by atoms with van der Waals surface area (Å²) in [4.78, 5) is 0. The monoisotopic (exact) mass is 250 g/mol. The van der Waals surface area contributed by atoms with E-state index < -0.39 is 6.10 Å². The topological polar surface area (TPSA) is 38.7 Å². The lowest BCUT2D eigenvalue weighted by Crippen LogP contribution is -2.26. The fourth-order valence-electron chi connectivity index (χ4n) is 2.34. The van der Waals surface area contributed by atoms with Crippen molar-refractivity contribution in [3.05, 3.63) is 29.3 Å². The lowest BCUT2D eigenvalue weighted by Gasteiger charge is -2.28. The Kier molecular flexibility index (Phi) is 3.93. The predicted molar refractivity (Wildman–Crippen MR) is 70.9 cm³/mol. The van der Waals surface area contributed by atoms with E-state index in [-0.39, 0.29) is 5.60 Å². The average molecular weight is 250 g/mol. The van der Waals surface area contributed by atoms with Crippen LogP contribution in [0.3, 0.4) is 0 Å². The van der Waals surface area contributed by atoms with Crippen LogP contribution in [0.5, 0.6) is 5.75 Å². The molecule has 1 aliphatic rings. The molecule has 1 aliphatic heterocycles. The quantitative estimate of drug-likeness (QED) is 0.893. The van der Waals surface area contributed by atoms with Gasteiger partial charge in [0.05, 0.1) is 18.3 Å². The first kappa shape index (κ1) is 13.4. The molecule has 1 aromatic carbocycles. The van der Waals surface area contributed by atoms with Crippen molar-refractivity contribution in [2.24, 2.45) is 0 Å². The van der Waals surface area contributed by atoms with E-state index in [0.29, 0.717) is 6.42 Å². The molecule has 0 bridgehead atoms. The van der Waals surface area contributed by atoms with Crippen LogP contribution in [0, 0.1) is 0 Å². The van der Waals surface area contributed by atoms with Crippen LogP contribution in [0.2, 0.25) is 0 Å². The van der Waals surface area contributed by atoms with Crippen LogP contribution in [-0.4, -0.2) is 24.4 Å². The van der Waals surface area contributed by atoms with Gasteiger partial charge in [0.25, 0.3) is 0 Å². The smallest absolute Gasteiger partial charge is 0.128 e. The summed E-state index contributed by atoms with van der Waals surface area (Å²) in [6.45, 7) is 4.70. The molecule has 1 unspecified atom stereocenters. The van der Waals surface area contributed by atoms with Gasteiger partial charge in [-0.2, -0.15) is 0 Å². The van der Waals surface area contributed by atoms with E-state index in [0.717, 1.165) is 30.8 Å². The normalized spacial score (nSPS) is 16.9. The van der Waals surface area contributed by atoms with Crippen molar-refractivity contribution in [1.29, 1.82) is 0 Å². The third kappa shape index (κ3) is 2.85. The standard InChI is InChI=1S/C15H22O3/c1-15(2,17-3)10-13(16)12-8-4-6-11-7-5-9-18-14(11)12/h4,6,8,13,16H,5,7,9-10H2,1-3H3. The average Bonchev–Trinajstić information content (AvgIpc) is 2.37. The van der Waals surface area contributed by atoms with E-state index >= 15 is 0 Å². The van der Waals surface area contributed by atoms with Crippen LogP contribution in [-0.2, 0) is 11.2 Å². The molecule has 1 aromatic rings. The first-order valence-electron chi connectivity index (χ1n) is 6.51. The number of aliphatic hydroxyl groups excluding tert-OH is 1. The van der Waals surface area contributed by atoms with Crippen LogP contribution in [0.15, 0.2) is 18.2 Å². The predicted octanol–water partition coefficient (Wildman–Crippen LogP) is 2.86. The molecule has 0 spiro atoms. The van der Waals surface area contributed by atoms with Crippen molar-refractivity contribution in [3.8, 4) is 5.75 Å². The van der Waals surface area contributed by atoms with Crippen LogP contribution in [0.1, 0.15) is 43.9 Å². The number of rotatable bonds is 4. The van der Waals surface area contributed by atoms with E-state index in [4.69, 9.17) is 9.47 Å². The Hall–Kier alpha value is -1.06. The lowest BCUT2D eigenvalue weighted by atomic mass is 9.92. The van der Waals surface area contributed by atoms with Crippen molar-refractivity contribution in [2.45, 2.75) is 44.8 Å². The zero-order valence-electron chi connectivity index (χ0n) is 11.4. The summed E-state index contributed by atoms with van der Waals surface area (Å²) in [5, 5.41) is 10.4. The van der Waals surface area contributed by atoms with Gasteiger partial charge in [-0.1, -0.05) is 18.2 Å². The van der Waals surface area contributed by atoms with Crippen molar-refractivity contribution in [2.75, 3.05) is 13.7 Å². The number of hydrogen-bond acceptors (Lipinski definition) is 3. The Labute approximate surface area is 109 Å². The number of fused-ring (bicyclic) bond motifs is 1. The van der Waals surface area contributed by atoms with Gasteiger partial charge in [0.1, 0.15) is 5.75 Å². The van der Waals surface area contributed by atoms with E-state index in [2.05, 4.69) is 6.07 Å². The fraction of sp³-hybridized carbons (Fsp3) is 0.600. The van der Waals surface area contributed by atoms with E-state index in [1.807, 2.05) is 26.0 Å². The number of ether oxygens (including phenoxy) is 2. The molecule has 0 radical (unpaired) electrons. The van der Waals surface area contributed by atoms with Gasteiger partial charge in [-0.25, -0.2) is 0 Å².